The molecule has 1 saturated heterocycles. The zero-order chi connectivity index (χ0) is 10.9. The number of rotatable bonds is 8. The van der Waals surface area contributed by atoms with E-state index in [9.17, 15) is 0 Å². The van der Waals surface area contributed by atoms with E-state index in [4.69, 9.17) is 9.47 Å². The highest BCUT2D eigenvalue weighted by Crippen LogP contribution is 2.25. The third-order valence-electron chi connectivity index (χ3n) is 2.68. The average Bonchev–Trinajstić information content (AvgIpc) is 2.63. The van der Waals surface area contributed by atoms with Crippen LogP contribution < -0.4 is 5.32 Å². The average molecular weight is 233 g/mol. The Kier molecular flexibility index (Phi) is 7.44. The van der Waals surface area contributed by atoms with Gasteiger partial charge in [0.15, 0.2) is 0 Å². The lowest BCUT2D eigenvalue weighted by atomic mass is 10.2. The van der Waals surface area contributed by atoms with E-state index in [-0.39, 0.29) is 0 Å². The van der Waals surface area contributed by atoms with Crippen molar-refractivity contribution < 1.29 is 9.47 Å². The first-order chi connectivity index (χ1) is 7.34. The van der Waals surface area contributed by atoms with Gasteiger partial charge in [-0.3, -0.25) is 0 Å². The van der Waals surface area contributed by atoms with Gasteiger partial charge in [-0.15, -0.1) is 0 Å². The Morgan fingerprint density at radius 1 is 1.33 bits per heavy atom. The number of hydrogen-bond acceptors (Lipinski definition) is 4. The first-order valence-electron chi connectivity index (χ1n) is 5.76. The summed E-state index contributed by atoms with van der Waals surface area (Å²) >= 11 is 2.07. The molecule has 4 heteroatoms. The fourth-order valence-electron chi connectivity index (χ4n) is 1.71. The molecule has 0 aliphatic carbocycles. The van der Waals surface area contributed by atoms with Crippen molar-refractivity contribution in [3.8, 4) is 0 Å². The van der Waals surface area contributed by atoms with Gasteiger partial charge in [-0.1, -0.05) is 6.92 Å². The van der Waals surface area contributed by atoms with Crippen LogP contribution in [0.25, 0.3) is 0 Å². The second kappa shape index (κ2) is 8.39. The van der Waals surface area contributed by atoms with Crippen LogP contribution in [0.4, 0.5) is 0 Å². The summed E-state index contributed by atoms with van der Waals surface area (Å²) < 4.78 is 10.3. The minimum atomic E-state index is 0.698. The molecule has 0 amide bonds. The van der Waals surface area contributed by atoms with E-state index in [1.165, 1.54) is 12.2 Å². The van der Waals surface area contributed by atoms with Crippen molar-refractivity contribution in [1.29, 1.82) is 0 Å². The number of ether oxygens (including phenoxy) is 2. The first-order valence-corrected chi connectivity index (χ1v) is 6.81. The van der Waals surface area contributed by atoms with Gasteiger partial charge < -0.3 is 14.8 Å². The van der Waals surface area contributed by atoms with Gasteiger partial charge in [0.2, 0.25) is 0 Å². The van der Waals surface area contributed by atoms with Crippen molar-refractivity contribution in [3.63, 3.8) is 0 Å². The molecular weight excluding hydrogens is 210 g/mol. The van der Waals surface area contributed by atoms with E-state index >= 15 is 0 Å². The topological polar surface area (TPSA) is 30.5 Å². The van der Waals surface area contributed by atoms with Gasteiger partial charge in [-0.2, -0.15) is 11.8 Å². The molecule has 3 nitrogen and oxygen atoms in total. The molecule has 1 rings (SSSR count). The molecule has 1 fully saturated rings. The van der Waals surface area contributed by atoms with Crippen LogP contribution in [0.15, 0.2) is 0 Å². The Bertz CT molecular complexity index is 158. The molecule has 1 N–H and O–H groups in total. The summed E-state index contributed by atoms with van der Waals surface area (Å²) in [6.45, 7) is 5.63. The van der Waals surface area contributed by atoms with Gasteiger partial charge in [-0.05, 0) is 25.1 Å². The minimum Gasteiger partial charge on any atom is -0.382 e. The molecule has 1 heterocycles. The molecule has 0 spiro atoms. The van der Waals surface area contributed by atoms with Crippen LogP contribution in [0.5, 0.6) is 0 Å². The molecule has 0 aromatic heterocycles. The number of hydrogen-bond donors (Lipinski definition) is 1. The Labute approximate surface area is 97.3 Å². The summed E-state index contributed by atoms with van der Waals surface area (Å²) in [7, 11) is 1.70. The predicted octanol–water partition coefficient (Wildman–Crippen LogP) is 1.52. The molecular formula is C11H23NO2S. The molecule has 2 atom stereocenters. The standard InChI is InChI=1S/C11H23NO2S/c1-10-11(4-9-15-10)12-5-3-6-14-8-7-13-2/h10-12H,3-9H2,1-2H3. The van der Waals surface area contributed by atoms with Crippen molar-refractivity contribution >= 4 is 11.8 Å². The van der Waals surface area contributed by atoms with Crippen LogP contribution in [-0.4, -0.2) is 50.5 Å². The first kappa shape index (κ1) is 13.3. The van der Waals surface area contributed by atoms with Gasteiger partial charge in [0, 0.05) is 25.0 Å². The maximum Gasteiger partial charge on any atom is 0.0700 e. The summed E-state index contributed by atoms with van der Waals surface area (Å²) in [5.74, 6) is 1.31. The predicted molar refractivity (Wildman–Crippen MR) is 65.6 cm³/mol. The van der Waals surface area contributed by atoms with Crippen molar-refractivity contribution in [3.05, 3.63) is 0 Å². The van der Waals surface area contributed by atoms with Crippen molar-refractivity contribution in [2.24, 2.45) is 0 Å². The second-order valence-corrected chi connectivity index (χ2v) is 5.37. The molecule has 0 bridgehead atoms. The van der Waals surface area contributed by atoms with E-state index in [2.05, 4.69) is 24.0 Å². The minimum absolute atomic E-state index is 0.698. The van der Waals surface area contributed by atoms with Gasteiger partial charge in [0.25, 0.3) is 0 Å². The molecule has 0 aromatic carbocycles. The van der Waals surface area contributed by atoms with E-state index < -0.39 is 0 Å². The third-order valence-corrected chi connectivity index (χ3v) is 4.01. The van der Waals surface area contributed by atoms with E-state index in [1.54, 1.807) is 7.11 Å². The summed E-state index contributed by atoms with van der Waals surface area (Å²) in [5.41, 5.74) is 0. The summed E-state index contributed by atoms with van der Waals surface area (Å²) in [6, 6.07) is 0.717. The quantitative estimate of drug-likeness (QED) is 0.644. The highest BCUT2D eigenvalue weighted by Gasteiger charge is 2.22. The molecule has 1 aliphatic heterocycles. The fraction of sp³-hybridized carbons (Fsp3) is 1.00. The van der Waals surface area contributed by atoms with Crippen LogP contribution in [0.2, 0.25) is 0 Å². The second-order valence-electron chi connectivity index (χ2n) is 3.88. The Morgan fingerprint density at radius 2 is 2.20 bits per heavy atom. The van der Waals surface area contributed by atoms with Gasteiger partial charge in [0.05, 0.1) is 13.2 Å². The zero-order valence-electron chi connectivity index (χ0n) is 9.83. The normalized spacial score (nSPS) is 26.0. The summed E-state index contributed by atoms with van der Waals surface area (Å²) in [5, 5.41) is 4.37. The summed E-state index contributed by atoms with van der Waals surface area (Å²) in [4.78, 5) is 0. The number of thioether (sulfide) groups is 1. The van der Waals surface area contributed by atoms with E-state index in [0.717, 1.165) is 24.8 Å². The van der Waals surface area contributed by atoms with Crippen molar-refractivity contribution in [2.45, 2.75) is 31.1 Å². The van der Waals surface area contributed by atoms with Gasteiger partial charge >= 0.3 is 0 Å². The van der Waals surface area contributed by atoms with Gasteiger partial charge in [-0.25, -0.2) is 0 Å². The molecule has 0 aromatic rings. The third kappa shape index (κ3) is 5.76. The lowest BCUT2D eigenvalue weighted by Crippen LogP contribution is -2.34. The Balaban J connectivity index is 1.84. The van der Waals surface area contributed by atoms with Crippen LogP contribution in [0, 0.1) is 0 Å². The highest BCUT2D eigenvalue weighted by molar-refractivity contribution is 8.00. The number of methoxy groups -OCH3 is 1. The van der Waals surface area contributed by atoms with Crippen molar-refractivity contribution in [1.82, 2.24) is 5.32 Å². The number of nitrogens with one attached hydrogen (secondary N) is 1. The van der Waals surface area contributed by atoms with Gasteiger partial charge in [0.1, 0.15) is 0 Å². The molecule has 15 heavy (non-hydrogen) atoms. The van der Waals surface area contributed by atoms with Crippen LogP contribution >= 0.6 is 11.8 Å². The molecule has 0 saturated carbocycles. The maximum atomic E-state index is 5.40. The van der Waals surface area contributed by atoms with E-state index in [1.807, 2.05) is 0 Å². The van der Waals surface area contributed by atoms with Crippen LogP contribution in [0.3, 0.4) is 0 Å². The van der Waals surface area contributed by atoms with Crippen LogP contribution in [0.1, 0.15) is 19.8 Å². The molecule has 1 aliphatic rings. The monoisotopic (exact) mass is 233 g/mol. The summed E-state index contributed by atoms with van der Waals surface area (Å²) in [6.07, 6.45) is 2.41. The zero-order valence-corrected chi connectivity index (χ0v) is 10.6. The fourth-order valence-corrected chi connectivity index (χ4v) is 2.93. The lowest BCUT2D eigenvalue weighted by Gasteiger charge is -2.16. The lowest BCUT2D eigenvalue weighted by molar-refractivity contribution is 0.0692. The van der Waals surface area contributed by atoms with Crippen LogP contribution in [-0.2, 0) is 9.47 Å². The van der Waals surface area contributed by atoms with E-state index in [0.29, 0.717) is 19.3 Å². The smallest absolute Gasteiger partial charge is 0.0700 e. The Hall–Kier alpha value is 0.230. The van der Waals surface area contributed by atoms with Crippen molar-refractivity contribution in [2.75, 3.05) is 39.2 Å². The molecule has 0 radical (unpaired) electrons. The Morgan fingerprint density at radius 3 is 2.87 bits per heavy atom. The molecule has 90 valence electrons. The largest absolute Gasteiger partial charge is 0.382 e. The SMILES string of the molecule is COCCOCCCNC1CCSC1C. The molecule has 2 unspecified atom stereocenters. The highest BCUT2D eigenvalue weighted by atomic mass is 32.2. The maximum absolute atomic E-state index is 5.40.